The fraction of sp³-hybridized carbons (Fsp3) is 0.923. The minimum Gasteiger partial charge on any atom is -0.444 e. The zero-order valence-electron chi connectivity index (χ0n) is 12.0. The van der Waals surface area contributed by atoms with Crippen LogP contribution < -0.4 is 5.32 Å². The smallest absolute Gasteiger partial charge is 0.407 e. The highest BCUT2D eigenvalue weighted by Crippen LogP contribution is 2.07. The van der Waals surface area contributed by atoms with Crippen LogP contribution in [-0.2, 0) is 9.47 Å². The average molecular weight is 258 g/mol. The van der Waals surface area contributed by atoms with Crippen LogP contribution in [0.5, 0.6) is 0 Å². The van der Waals surface area contributed by atoms with Crippen LogP contribution in [0, 0.1) is 0 Å². The lowest BCUT2D eigenvalue weighted by atomic mass is 10.2. The standard InChI is InChI=1S/C13H26N2O3/c1-11(14-12(16)18-13(2,3)4)5-6-15-7-9-17-10-8-15/h11H,5-10H2,1-4H3,(H,14,16). The van der Waals surface area contributed by atoms with Crippen LogP contribution in [0.1, 0.15) is 34.1 Å². The van der Waals surface area contributed by atoms with Crippen LogP contribution in [0.4, 0.5) is 4.79 Å². The molecule has 0 bridgehead atoms. The largest absolute Gasteiger partial charge is 0.444 e. The van der Waals surface area contributed by atoms with Crippen LogP contribution in [0.25, 0.3) is 0 Å². The molecule has 106 valence electrons. The second-order valence-electron chi connectivity index (χ2n) is 5.79. The van der Waals surface area contributed by atoms with Gasteiger partial charge in [-0.15, -0.1) is 0 Å². The summed E-state index contributed by atoms with van der Waals surface area (Å²) >= 11 is 0. The first kappa shape index (κ1) is 15.2. The Labute approximate surface area is 110 Å². The van der Waals surface area contributed by atoms with E-state index >= 15 is 0 Å². The number of alkyl carbamates (subject to hydrolysis) is 1. The van der Waals surface area contributed by atoms with Crippen LogP contribution in [0.3, 0.4) is 0 Å². The van der Waals surface area contributed by atoms with Gasteiger partial charge in [0.25, 0.3) is 0 Å². The number of rotatable bonds is 4. The molecule has 18 heavy (non-hydrogen) atoms. The summed E-state index contributed by atoms with van der Waals surface area (Å²) in [5.41, 5.74) is -0.436. The van der Waals surface area contributed by atoms with Gasteiger partial charge in [-0.25, -0.2) is 4.79 Å². The molecular weight excluding hydrogens is 232 g/mol. The van der Waals surface area contributed by atoms with Crippen molar-refractivity contribution in [3.05, 3.63) is 0 Å². The summed E-state index contributed by atoms with van der Waals surface area (Å²) in [5, 5.41) is 2.86. The Kier molecular flexibility index (Phi) is 5.88. The summed E-state index contributed by atoms with van der Waals surface area (Å²) in [6.07, 6.45) is 0.594. The van der Waals surface area contributed by atoms with Gasteiger partial charge in [0.2, 0.25) is 0 Å². The minimum absolute atomic E-state index is 0.127. The van der Waals surface area contributed by atoms with Gasteiger partial charge < -0.3 is 14.8 Å². The molecule has 1 amide bonds. The molecule has 0 saturated carbocycles. The lowest BCUT2D eigenvalue weighted by Gasteiger charge is -2.28. The Morgan fingerprint density at radius 3 is 2.56 bits per heavy atom. The van der Waals surface area contributed by atoms with Crippen LogP contribution in [0.15, 0.2) is 0 Å². The molecule has 1 fully saturated rings. The first-order chi connectivity index (χ1) is 8.37. The third-order valence-electron chi connectivity index (χ3n) is 2.75. The van der Waals surface area contributed by atoms with E-state index in [1.165, 1.54) is 0 Å². The van der Waals surface area contributed by atoms with Crippen LogP contribution in [-0.4, -0.2) is 55.5 Å². The Hall–Kier alpha value is -0.810. The van der Waals surface area contributed by atoms with E-state index in [0.29, 0.717) is 0 Å². The van der Waals surface area contributed by atoms with Crippen molar-refractivity contribution in [1.29, 1.82) is 0 Å². The summed E-state index contributed by atoms with van der Waals surface area (Å²) in [6.45, 7) is 12.2. The van der Waals surface area contributed by atoms with E-state index in [-0.39, 0.29) is 12.1 Å². The minimum atomic E-state index is -0.436. The van der Waals surface area contributed by atoms with Gasteiger partial charge in [-0.3, -0.25) is 4.90 Å². The van der Waals surface area contributed by atoms with E-state index in [4.69, 9.17) is 9.47 Å². The molecule has 0 aromatic carbocycles. The fourth-order valence-electron chi connectivity index (χ4n) is 1.78. The summed E-state index contributed by atoms with van der Waals surface area (Å²) in [5.74, 6) is 0. The number of ether oxygens (including phenoxy) is 2. The van der Waals surface area contributed by atoms with Crippen LogP contribution in [0.2, 0.25) is 0 Å². The molecule has 1 unspecified atom stereocenters. The molecule has 0 aliphatic carbocycles. The molecular formula is C13H26N2O3. The molecule has 0 spiro atoms. The van der Waals surface area contributed by atoms with Gasteiger partial charge in [0.15, 0.2) is 0 Å². The Bertz CT molecular complexity index is 257. The Morgan fingerprint density at radius 2 is 2.00 bits per heavy atom. The van der Waals surface area contributed by atoms with E-state index in [2.05, 4.69) is 10.2 Å². The van der Waals surface area contributed by atoms with Gasteiger partial charge in [-0.1, -0.05) is 0 Å². The number of nitrogens with one attached hydrogen (secondary N) is 1. The van der Waals surface area contributed by atoms with E-state index in [1.54, 1.807) is 0 Å². The normalized spacial score (nSPS) is 19.3. The highest BCUT2D eigenvalue weighted by molar-refractivity contribution is 5.67. The lowest BCUT2D eigenvalue weighted by molar-refractivity contribution is 0.0346. The van der Waals surface area contributed by atoms with Crippen molar-refractivity contribution < 1.29 is 14.3 Å². The van der Waals surface area contributed by atoms with Gasteiger partial charge in [0.05, 0.1) is 13.2 Å². The highest BCUT2D eigenvalue weighted by Gasteiger charge is 2.18. The van der Waals surface area contributed by atoms with Crippen LogP contribution >= 0.6 is 0 Å². The quantitative estimate of drug-likeness (QED) is 0.832. The summed E-state index contributed by atoms with van der Waals surface area (Å²) in [7, 11) is 0. The van der Waals surface area contributed by atoms with E-state index in [9.17, 15) is 4.79 Å². The van der Waals surface area contributed by atoms with Crippen molar-refractivity contribution in [3.63, 3.8) is 0 Å². The van der Waals surface area contributed by atoms with Crippen molar-refractivity contribution >= 4 is 6.09 Å². The van der Waals surface area contributed by atoms with E-state index in [1.807, 2.05) is 27.7 Å². The average Bonchev–Trinajstić information content (AvgIpc) is 2.25. The first-order valence-electron chi connectivity index (χ1n) is 6.66. The molecule has 0 aromatic rings. The molecule has 0 aromatic heterocycles. The van der Waals surface area contributed by atoms with Crippen molar-refractivity contribution in [2.45, 2.75) is 45.8 Å². The Balaban J connectivity index is 2.16. The number of hydrogen-bond donors (Lipinski definition) is 1. The second-order valence-corrected chi connectivity index (χ2v) is 5.79. The zero-order chi connectivity index (χ0) is 13.6. The van der Waals surface area contributed by atoms with Gasteiger partial charge in [0.1, 0.15) is 5.60 Å². The Morgan fingerprint density at radius 1 is 1.39 bits per heavy atom. The SMILES string of the molecule is CC(CCN1CCOCC1)NC(=O)OC(C)(C)C. The maximum Gasteiger partial charge on any atom is 0.407 e. The number of amides is 1. The van der Waals surface area contributed by atoms with Crippen molar-refractivity contribution in [1.82, 2.24) is 10.2 Å². The molecule has 1 saturated heterocycles. The predicted molar refractivity (Wildman–Crippen MR) is 70.7 cm³/mol. The number of carbonyl (C=O) groups is 1. The molecule has 0 radical (unpaired) electrons. The van der Waals surface area contributed by atoms with Crippen molar-refractivity contribution in [2.75, 3.05) is 32.8 Å². The first-order valence-corrected chi connectivity index (χ1v) is 6.66. The van der Waals surface area contributed by atoms with Gasteiger partial charge >= 0.3 is 6.09 Å². The maximum atomic E-state index is 11.6. The molecule has 5 nitrogen and oxygen atoms in total. The summed E-state index contributed by atoms with van der Waals surface area (Å²) < 4.78 is 10.5. The molecule has 1 aliphatic heterocycles. The third kappa shape index (κ3) is 6.81. The monoisotopic (exact) mass is 258 g/mol. The highest BCUT2D eigenvalue weighted by atomic mass is 16.6. The summed E-state index contributed by atoms with van der Waals surface area (Å²) in [6, 6.07) is 0.127. The second kappa shape index (κ2) is 6.95. The van der Waals surface area contributed by atoms with Gasteiger partial charge in [-0.2, -0.15) is 0 Å². The fourth-order valence-corrected chi connectivity index (χ4v) is 1.78. The topological polar surface area (TPSA) is 50.8 Å². The molecule has 1 atom stereocenters. The number of nitrogens with zero attached hydrogens (tertiary/aromatic N) is 1. The van der Waals surface area contributed by atoms with Crippen molar-refractivity contribution in [3.8, 4) is 0 Å². The van der Waals surface area contributed by atoms with Crippen molar-refractivity contribution in [2.24, 2.45) is 0 Å². The molecule has 1 heterocycles. The number of morpholine rings is 1. The zero-order valence-corrected chi connectivity index (χ0v) is 12.0. The van der Waals surface area contributed by atoms with E-state index < -0.39 is 5.60 Å². The molecule has 5 heteroatoms. The van der Waals surface area contributed by atoms with Gasteiger partial charge in [0, 0.05) is 25.7 Å². The number of carbonyl (C=O) groups excluding carboxylic acids is 1. The molecule has 1 N–H and O–H groups in total. The third-order valence-corrected chi connectivity index (χ3v) is 2.75. The lowest BCUT2D eigenvalue weighted by Crippen LogP contribution is -2.41. The summed E-state index contributed by atoms with van der Waals surface area (Å²) in [4.78, 5) is 13.9. The van der Waals surface area contributed by atoms with Gasteiger partial charge in [-0.05, 0) is 34.1 Å². The molecule has 1 rings (SSSR count). The molecule has 1 aliphatic rings. The number of hydrogen-bond acceptors (Lipinski definition) is 4. The van der Waals surface area contributed by atoms with E-state index in [0.717, 1.165) is 39.3 Å². The predicted octanol–water partition coefficient (Wildman–Crippen LogP) is 1.62. The maximum absolute atomic E-state index is 11.6.